The van der Waals surface area contributed by atoms with Gasteiger partial charge in [-0.15, -0.1) is 11.3 Å². The standard InChI is InChI=1S/C27H31N3O5S/c1-4-35-23-8-6-5-7-22(23)30-15-13-29(14-16-30)17-24(31)28-26-25(27(32)34-3)21(18-36-26)19-9-11-20(33-2)12-10-19/h5-12,18H,4,13-17H2,1-3H3,(H,28,31). The lowest BCUT2D eigenvalue weighted by Crippen LogP contribution is -2.48. The van der Waals surface area contributed by atoms with Crippen LogP contribution in [0.2, 0.25) is 0 Å². The first-order valence-corrected chi connectivity index (χ1v) is 12.7. The van der Waals surface area contributed by atoms with Crippen LogP contribution in [-0.2, 0) is 9.53 Å². The Morgan fingerprint density at radius 3 is 2.39 bits per heavy atom. The SMILES string of the molecule is CCOc1ccccc1N1CCN(CC(=O)Nc2scc(-c3ccc(OC)cc3)c2C(=O)OC)CC1. The van der Waals surface area contributed by atoms with Gasteiger partial charge in [0.05, 0.1) is 33.1 Å². The van der Waals surface area contributed by atoms with E-state index in [2.05, 4.69) is 21.2 Å². The van der Waals surface area contributed by atoms with Gasteiger partial charge < -0.3 is 24.4 Å². The Balaban J connectivity index is 1.40. The molecule has 0 unspecified atom stereocenters. The normalized spacial score (nSPS) is 13.8. The van der Waals surface area contributed by atoms with E-state index in [9.17, 15) is 9.59 Å². The van der Waals surface area contributed by atoms with E-state index in [0.717, 1.165) is 48.9 Å². The van der Waals surface area contributed by atoms with Gasteiger partial charge in [-0.05, 0) is 36.8 Å². The first-order chi connectivity index (χ1) is 17.5. The third kappa shape index (κ3) is 5.80. The number of benzene rings is 2. The van der Waals surface area contributed by atoms with Crippen LogP contribution in [0.1, 0.15) is 17.3 Å². The fraction of sp³-hybridized carbons (Fsp3) is 0.333. The van der Waals surface area contributed by atoms with Crippen LogP contribution in [0.3, 0.4) is 0 Å². The predicted molar refractivity (Wildman–Crippen MR) is 143 cm³/mol. The summed E-state index contributed by atoms with van der Waals surface area (Å²) in [6.07, 6.45) is 0. The fourth-order valence-electron chi connectivity index (χ4n) is 4.25. The molecule has 36 heavy (non-hydrogen) atoms. The Bertz CT molecular complexity index is 1190. The van der Waals surface area contributed by atoms with Crippen molar-refractivity contribution in [3.63, 3.8) is 0 Å². The molecular weight excluding hydrogens is 478 g/mol. The number of hydrogen-bond acceptors (Lipinski definition) is 8. The average Bonchev–Trinajstić information content (AvgIpc) is 3.32. The van der Waals surface area contributed by atoms with E-state index >= 15 is 0 Å². The molecule has 0 spiro atoms. The summed E-state index contributed by atoms with van der Waals surface area (Å²) >= 11 is 1.31. The number of amides is 1. The van der Waals surface area contributed by atoms with E-state index in [1.807, 2.05) is 54.8 Å². The molecule has 9 heteroatoms. The van der Waals surface area contributed by atoms with Crippen molar-refractivity contribution in [3.8, 4) is 22.6 Å². The van der Waals surface area contributed by atoms with Gasteiger partial charge in [0.15, 0.2) is 0 Å². The largest absolute Gasteiger partial charge is 0.497 e. The number of hydrogen-bond donors (Lipinski definition) is 1. The Morgan fingerprint density at radius 1 is 1.00 bits per heavy atom. The summed E-state index contributed by atoms with van der Waals surface area (Å²) in [6.45, 7) is 5.94. The van der Waals surface area contributed by atoms with Crippen molar-refractivity contribution in [2.24, 2.45) is 0 Å². The van der Waals surface area contributed by atoms with E-state index < -0.39 is 5.97 Å². The van der Waals surface area contributed by atoms with Crippen LogP contribution in [0.15, 0.2) is 53.9 Å². The van der Waals surface area contributed by atoms with Crippen molar-refractivity contribution in [1.82, 2.24) is 4.90 Å². The molecule has 1 saturated heterocycles. The molecule has 0 saturated carbocycles. The number of methoxy groups -OCH3 is 2. The number of ether oxygens (including phenoxy) is 3. The van der Waals surface area contributed by atoms with E-state index in [1.165, 1.54) is 18.4 Å². The summed E-state index contributed by atoms with van der Waals surface area (Å²) in [6, 6.07) is 15.5. The molecule has 1 fully saturated rings. The van der Waals surface area contributed by atoms with Gasteiger partial charge in [0.2, 0.25) is 5.91 Å². The number of anilines is 2. The van der Waals surface area contributed by atoms with Crippen molar-refractivity contribution < 1.29 is 23.8 Å². The summed E-state index contributed by atoms with van der Waals surface area (Å²) in [5.74, 6) is 0.959. The van der Waals surface area contributed by atoms with E-state index in [0.29, 0.717) is 22.7 Å². The average molecular weight is 510 g/mol. The highest BCUT2D eigenvalue weighted by molar-refractivity contribution is 7.15. The van der Waals surface area contributed by atoms with Crippen LogP contribution in [0.4, 0.5) is 10.7 Å². The topological polar surface area (TPSA) is 80.3 Å². The van der Waals surface area contributed by atoms with Gasteiger partial charge in [-0.25, -0.2) is 4.79 Å². The summed E-state index contributed by atoms with van der Waals surface area (Å²) in [4.78, 5) is 29.9. The molecule has 2 aromatic carbocycles. The van der Waals surface area contributed by atoms with Crippen LogP contribution in [0, 0.1) is 0 Å². The number of piperazine rings is 1. The molecule has 0 bridgehead atoms. The Kier molecular flexibility index (Phi) is 8.45. The number of thiophene rings is 1. The van der Waals surface area contributed by atoms with E-state index in [4.69, 9.17) is 14.2 Å². The van der Waals surface area contributed by atoms with Gasteiger partial charge in [-0.2, -0.15) is 0 Å². The third-order valence-corrected chi connectivity index (χ3v) is 6.98. The van der Waals surface area contributed by atoms with Crippen molar-refractivity contribution in [2.45, 2.75) is 6.92 Å². The minimum Gasteiger partial charge on any atom is -0.497 e. The maximum atomic E-state index is 12.9. The van der Waals surface area contributed by atoms with Gasteiger partial charge in [-0.1, -0.05) is 24.3 Å². The lowest BCUT2D eigenvalue weighted by atomic mass is 10.0. The molecule has 1 aliphatic rings. The minimum atomic E-state index is -0.487. The van der Waals surface area contributed by atoms with E-state index in [1.54, 1.807) is 7.11 Å². The van der Waals surface area contributed by atoms with Crippen molar-refractivity contribution in [3.05, 3.63) is 59.5 Å². The van der Waals surface area contributed by atoms with Gasteiger partial charge >= 0.3 is 5.97 Å². The monoisotopic (exact) mass is 509 g/mol. The quantitative estimate of drug-likeness (QED) is 0.429. The smallest absolute Gasteiger partial charge is 0.341 e. The van der Waals surface area contributed by atoms with Gasteiger partial charge in [0.25, 0.3) is 0 Å². The third-order valence-electron chi connectivity index (χ3n) is 6.08. The number of carbonyl (C=O) groups is 2. The zero-order valence-electron chi connectivity index (χ0n) is 20.8. The number of nitrogens with one attached hydrogen (secondary N) is 1. The summed E-state index contributed by atoms with van der Waals surface area (Å²) in [5.41, 5.74) is 3.00. The highest BCUT2D eigenvalue weighted by Crippen LogP contribution is 2.37. The van der Waals surface area contributed by atoms with Crippen LogP contribution in [0.5, 0.6) is 11.5 Å². The van der Waals surface area contributed by atoms with Gasteiger partial charge in [-0.3, -0.25) is 9.69 Å². The molecule has 8 nitrogen and oxygen atoms in total. The minimum absolute atomic E-state index is 0.161. The van der Waals surface area contributed by atoms with Gasteiger partial charge in [0, 0.05) is 37.1 Å². The van der Waals surface area contributed by atoms with Gasteiger partial charge in [0.1, 0.15) is 22.1 Å². The van der Waals surface area contributed by atoms with E-state index in [-0.39, 0.29) is 12.5 Å². The molecule has 0 aliphatic carbocycles. The fourth-order valence-corrected chi connectivity index (χ4v) is 5.22. The van der Waals surface area contributed by atoms with Crippen molar-refractivity contribution in [1.29, 1.82) is 0 Å². The lowest BCUT2D eigenvalue weighted by molar-refractivity contribution is -0.117. The molecule has 1 amide bonds. The molecule has 4 rings (SSSR count). The molecule has 3 aromatic rings. The number of nitrogens with zero attached hydrogens (tertiary/aromatic N) is 2. The lowest BCUT2D eigenvalue weighted by Gasteiger charge is -2.36. The molecule has 1 aromatic heterocycles. The van der Waals surface area contributed by atoms with Crippen LogP contribution in [-0.4, -0.2) is 70.3 Å². The first-order valence-electron chi connectivity index (χ1n) is 11.9. The Morgan fingerprint density at radius 2 is 1.72 bits per heavy atom. The Hall–Kier alpha value is -3.56. The highest BCUT2D eigenvalue weighted by atomic mass is 32.1. The molecule has 1 N–H and O–H groups in total. The van der Waals surface area contributed by atoms with Crippen LogP contribution < -0.4 is 19.7 Å². The zero-order valence-corrected chi connectivity index (χ0v) is 21.6. The number of carbonyl (C=O) groups excluding carboxylic acids is 2. The second-order valence-electron chi connectivity index (χ2n) is 8.29. The predicted octanol–water partition coefficient (Wildman–Crippen LogP) is 4.37. The summed E-state index contributed by atoms with van der Waals surface area (Å²) in [5, 5.41) is 5.28. The van der Waals surface area contributed by atoms with Crippen LogP contribution in [0.25, 0.3) is 11.1 Å². The second-order valence-corrected chi connectivity index (χ2v) is 9.17. The summed E-state index contributed by atoms with van der Waals surface area (Å²) < 4.78 is 16.0. The van der Waals surface area contributed by atoms with Crippen LogP contribution >= 0.6 is 11.3 Å². The maximum Gasteiger partial charge on any atom is 0.341 e. The first kappa shape index (κ1) is 25.5. The molecule has 2 heterocycles. The van der Waals surface area contributed by atoms with Crippen molar-refractivity contribution in [2.75, 3.05) is 63.8 Å². The molecule has 0 radical (unpaired) electrons. The molecular formula is C27H31N3O5S. The van der Waals surface area contributed by atoms with Crippen molar-refractivity contribution >= 4 is 33.9 Å². The molecule has 190 valence electrons. The summed E-state index contributed by atoms with van der Waals surface area (Å²) in [7, 11) is 2.94. The Labute approximate surface area is 215 Å². The maximum absolute atomic E-state index is 12.9. The number of para-hydroxylation sites is 2. The number of esters is 1. The highest BCUT2D eigenvalue weighted by Gasteiger charge is 2.25. The number of rotatable bonds is 9. The molecule has 1 aliphatic heterocycles. The second kappa shape index (κ2) is 11.9. The molecule has 0 atom stereocenters. The zero-order chi connectivity index (χ0) is 25.5.